The number of thioether (sulfide) groups is 2. The molecule has 4 aromatic rings. The first-order valence-corrected chi connectivity index (χ1v) is 22.1. The number of carboxylic acid groups (broad SMARTS) is 1. The fourth-order valence-corrected chi connectivity index (χ4v) is 11.2. The van der Waals surface area contributed by atoms with Gasteiger partial charge in [-0.2, -0.15) is 0 Å². The molecule has 1 N–H and O–H groups in total. The number of esters is 1. The number of halogens is 6. The van der Waals surface area contributed by atoms with Crippen molar-refractivity contribution < 1.29 is 37.0 Å². The number of ether oxygens (including phenoxy) is 1. The number of hydrogen-bond acceptors (Lipinski definition) is 9. The summed E-state index contributed by atoms with van der Waals surface area (Å²) in [6, 6.07) is 21.4. The summed E-state index contributed by atoms with van der Waals surface area (Å²) in [7, 11) is 0. The van der Waals surface area contributed by atoms with Gasteiger partial charge in [0, 0.05) is 21.4 Å². The predicted octanol–water partition coefficient (Wildman–Crippen LogP) is 12.4. The van der Waals surface area contributed by atoms with Gasteiger partial charge in [0.15, 0.2) is 33.6 Å². The number of allylic oxidation sites excluding steroid dienone is 2. The molecular weight excluding hydrogens is 884 g/mol. The molecule has 0 fully saturated rings. The molecular formula is C46H42Cl2F4N4O4S2. The number of aliphatic carboxylic acids is 1. The maximum Gasteiger partial charge on any atom is 0.346 e. The number of carbonyl (C=O) groups excluding carboxylic acids is 1. The summed E-state index contributed by atoms with van der Waals surface area (Å²) in [5, 5.41) is 12.0. The zero-order chi connectivity index (χ0) is 45.0. The number of carboxylic acids is 1. The Morgan fingerprint density at radius 1 is 0.677 bits per heavy atom. The summed E-state index contributed by atoms with van der Waals surface area (Å²) in [4.78, 5) is 39.1. The van der Waals surface area contributed by atoms with E-state index < -0.39 is 52.4 Å². The van der Waals surface area contributed by atoms with Crippen molar-refractivity contribution in [1.82, 2.24) is 9.80 Å². The molecule has 0 bridgehead atoms. The van der Waals surface area contributed by atoms with E-state index in [9.17, 15) is 32.3 Å². The molecule has 0 radical (unpaired) electrons. The monoisotopic (exact) mass is 924 g/mol. The number of rotatable bonds is 9. The Morgan fingerprint density at radius 2 is 1.06 bits per heavy atom. The molecule has 4 aliphatic heterocycles. The zero-order valence-corrected chi connectivity index (χ0v) is 37.8. The number of carbonyl (C=O) groups is 2. The molecule has 0 saturated heterocycles. The standard InChI is InChI=1S/C24H23ClF2N2O2S.C22H19ClF2N2O2S/c1-5-31-22(30)20-19(13(2)3)29-21(14-6-9-16(25)10-7-14)24(4,28-23(29)32-20)15-8-11-17(26)18(27)12-15;1-11(2)17-18(20(28)29)30-21-26-22(3,13-6-9-15(24)16(25)10-13)19(27(17)21)12-4-7-14(23)8-5-12/h6-13,21H,5H2,1-4H3;4-11,19H,1-3H3,(H,28,29). The molecule has 62 heavy (non-hydrogen) atoms. The minimum Gasteiger partial charge on any atom is -0.477 e. The highest BCUT2D eigenvalue weighted by atomic mass is 35.5. The lowest BCUT2D eigenvalue weighted by molar-refractivity contribution is -0.137. The van der Waals surface area contributed by atoms with Crippen molar-refractivity contribution in [3.63, 3.8) is 0 Å². The van der Waals surface area contributed by atoms with Crippen molar-refractivity contribution in [3.05, 3.63) is 162 Å². The second kappa shape index (κ2) is 17.4. The van der Waals surface area contributed by atoms with Crippen LogP contribution < -0.4 is 0 Å². The van der Waals surface area contributed by atoms with Crippen molar-refractivity contribution in [2.75, 3.05) is 6.61 Å². The minimum absolute atomic E-state index is 0.00305. The van der Waals surface area contributed by atoms with Gasteiger partial charge in [-0.15, -0.1) is 0 Å². The summed E-state index contributed by atoms with van der Waals surface area (Å²) in [5.74, 6) is -5.20. The first kappa shape index (κ1) is 45.3. The van der Waals surface area contributed by atoms with Crippen LogP contribution in [0.2, 0.25) is 10.0 Å². The van der Waals surface area contributed by atoms with E-state index in [1.165, 1.54) is 23.9 Å². The fraction of sp³-hybridized carbons (Fsp3) is 0.304. The number of hydrogen-bond donors (Lipinski definition) is 1. The summed E-state index contributed by atoms with van der Waals surface area (Å²) < 4.78 is 60.9. The Kier molecular flexibility index (Phi) is 12.7. The third-order valence-corrected chi connectivity index (χ3v) is 13.8. The summed E-state index contributed by atoms with van der Waals surface area (Å²) in [5.41, 5.74) is 2.35. The Balaban J connectivity index is 0.000000187. The van der Waals surface area contributed by atoms with Gasteiger partial charge in [0.1, 0.15) is 20.9 Å². The molecule has 8 nitrogen and oxygen atoms in total. The lowest BCUT2D eigenvalue weighted by Crippen LogP contribution is -2.36. The Labute approximate surface area is 375 Å². The number of aliphatic imine (C=N–C) groups is 2. The van der Waals surface area contributed by atoms with Crippen LogP contribution in [-0.4, -0.2) is 43.8 Å². The molecule has 4 atom stereocenters. The van der Waals surface area contributed by atoms with Gasteiger partial charge in [-0.05, 0) is 127 Å². The molecule has 4 heterocycles. The normalized spacial score (nSPS) is 22.8. The van der Waals surface area contributed by atoms with Gasteiger partial charge in [-0.25, -0.2) is 37.1 Å². The quantitative estimate of drug-likeness (QED) is 0.131. The van der Waals surface area contributed by atoms with Crippen molar-refractivity contribution in [1.29, 1.82) is 0 Å². The topological polar surface area (TPSA) is 94.8 Å². The van der Waals surface area contributed by atoms with Crippen LogP contribution >= 0.6 is 46.7 Å². The van der Waals surface area contributed by atoms with Gasteiger partial charge in [-0.3, -0.25) is 0 Å². The SMILES string of the molecule is CC(C)C1=C(C(=O)O)SC2=NC(C)(c3ccc(F)c(F)c3)C(c3ccc(Cl)cc3)N21.CCOC(=O)C1=C(C(C)C)N2C(=NC(C)(c3ccc(F)c(F)c3)C2c2ccc(Cl)cc2)S1. The van der Waals surface area contributed by atoms with Crippen LogP contribution in [-0.2, 0) is 25.4 Å². The molecule has 0 aliphatic carbocycles. The average molecular weight is 926 g/mol. The predicted molar refractivity (Wildman–Crippen MR) is 238 cm³/mol. The van der Waals surface area contributed by atoms with Crippen molar-refractivity contribution in [3.8, 4) is 0 Å². The average Bonchev–Trinajstić information content (AvgIpc) is 3.93. The zero-order valence-electron chi connectivity index (χ0n) is 34.6. The van der Waals surface area contributed by atoms with Crippen LogP contribution in [0.3, 0.4) is 0 Å². The summed E-state index contributed by atoms with van der Waals surface area (Å²) in [6.07, 6.45) is 0. The number of fused-ring (bicyclic) bond motifs is 2. The third kappa shape index (κ3) is 8.03. The van der Waals surface area contributed by atoms with Gasteiger partial charge in [0.05, 0.1) is 18.7 Å². The molecule has 0 saturated carbocycles. The number of nitrogens with zero attached hydrogens (tertiary/aromatic N) is 4. The molecule has 4 aliphatic rings. The van der Waals surface area contributed by atoms with Gasteiger partial charge in [0.25, 0.3) is 0 Å². The lowest BCUT2D eigenvalue weighted by atomic mass is 9.81. The molecule has 16 heteroatoms. The largest absolute Gasteiger partial charge is 0.477 e. The molecule has 4 unspecified atom stereocenters. The fourth-order valence-electron chi connectivity index (χ4n) is 8.37. The van der Waals surface area contributed by atoms with Crippen LogP contribution in [0, 0.1) is 35.1 Å². The summed E-state index contributed by atoms with van der Waals surface area (Å²) >= 11 is 14.6. The van der Waals surface area contributed by atoms with Crippen molar-refractivity contribution >= 4 is 69.0 Å². The van der Waals surface area contributed by atoms with Crippen molar-refractivity contribution in [2.45, 2.75) is 71.6 Å². The van der Waals surface area contributed by atoms with Crippen LogP contribution in [0.1, 0.15) is 82.8 Å². The molecule has 0 aromatic heterocycles. The Morgan fingerprint density at radius 3 is 1.42 bits per heavy atom. The summed E-state index contributed by atoms with van der Waals surface area (Å²) in [6.45, 7) is 13.6. The van der Waals surface area contributed by atoms with Crippen LogP contribution in [0.4, 0.5) is 17.6 Å². The van der Waals surface area contributed by atoms with E-state index >= 15 is 0 Å². The Hall–Kier alpha value is -4.76. The second-order valence-corrected chi connectivity index (χ2v) is 18.8. The molecule has 0 spiro atoms. The van der Waals surface area contributed by atoms with E-state index in [1.54, 1.807) is 37.3 Å². The third-order valence-electron chi connectivity index (χ3n) is 11.1. The highest BCUT2D eigenvalue weighted by Crippen LogP contribution is 2.58. The highest BCUT2D eigenvalue weighted by Gasteiger charge is 2.55. The van der Waals surface area contributed by atoms with Crippen LogP contribution in [0.15, 0.2) is 116 Å². The molecule has 324 valence electrons. The lowest BCUT2D eigenvalue weighted by Gasteiger charge is -2.37. The first-order chi connectivity index (χ1) is 29.3. The van der Waals surface area contributed by atoms with Gasteiger partial charge < -0.3 is 19.6 Å². The van der Waals surface area contributed by atoms with E-state index in [0.29, 0.717) is 42.1 Å². The first-order valence-electron chi connectivity index (χ1n) is 19.7. The maximum absolute atomic E-state index is 14.2. The maximum atomic E-state index is 14.2. The van der Waals surface area contributed by atoms with Crippen LogP contribution in [0.5, 0.6) is 0 Å². The van der Waals surface area contributed by atoms with E-state index in [4.69, 9.17) is 37.9 Å². The van der Waals surface area contributed by atoms with Gasteiger partial charge >= 0.3 is 11.9 Å². The number of benzene rings is 4. The van der Waals surface area contributed by atoms with E-state index in [-0.39, 0.29) is 29.3 Å². The second-order valence-electron chi connectivity index (χ2n) is 16.0. The van der Waals surface area contributed by atoms with Crippen LogP contribution in [0.25, 0.3) is 0 Å². The van der Waals surface area contributed by atoms with Crippen molar-refractivity contribution in [2.24, 2.45) is 21.8 Å². The van der Waals surface area contributed by atoms with E-state index in [2.05, 4.69) is 0 Å². The van der Waals surface area contributed by atoms with Gasteiger partial charge in [0.2, 0.25) is 0 Å². The van der Waals surface area contributed by atoms with E-state index in [0.717, 1.165) is 46.8 Å². The Bertz CT molecular complexity index is 2590. The minimum atomic E-state index is -1.01. The molecule has 8 rings (SSSR count). The van der Waals surface area contributed by atoms with Gasteiger partial charge in [-0.1, -0.05) is 87.3 Å². The molecule has 0 amide bonds. The highest BCUT2D eigenvalue weighted by molar-refractivity contribution is 8.18. The van der Waals surface area contributed by atoms with E-state index in [1.807, 2.05) is 75.6 Å². The molecule has 4 aromatic carbocycles. The number of amidine groups is 2. The smallest absolute Gasteiger partial charge is 0.346 e.